The first-order valence-corrected chi connectivity index (χ1v) is 6.99. The minimum absolute atomic E-state index is 0.0519. The predicted molar refractivity (Wildman–Crippen MR) is 83.0 cm³/mol. The molecule has 19 heavy (non-hydrogen) atoms. The Morgan fingerprint density at radius 2 is 2.00 bits per heavy atom. The largest absolute Gasteiger partial charge is 0.394 e. The molecule has 0 aliphatic heterocycles. The Labute approximate surface area is 121 Å². The van der Waals surface area contributed by atoms with Gasteiger partial charge in [-0.3, -0.25) is 0 Å². The standard InChI is InChI=1S/C15H25ClN2O/c1-11(10-19)18(5)14-7-6-12(8-13(14)16)9-17-15(2,3)4/h6-8,11,17,19H,9-10H2,1-5H3. The summed E-state index contributed by atoms with van der Waals surface area (Å²) in [5, 5.41) is 13.3. The zero-order chi connectivity index (χ0) is 14.6. The number of likely N-dealkylation sites (N-methyl/N-ethyl adjacent to an activating group) is 1. The van der Waals surface area contributed by atoms with Crippen molar-refractivity contribution in [2.75, 3.05) is 18.6 Å². The van der Waals surface area contributed by atoms with Gasteiger partial charge in [-0.15, -0.1) is 0 Å². The van der Waals surface area contributed by atoms with Gasteiger partial charge >= 0.3 is 0 Å². The molecule has 1 unspecified atom stereocenters. The summed E-state index contributed by atoms with van der Waals surface area (Å²) in [7, 11) is 1.94. The van der Waals surface area contributed by atoms with Gasteiger partial charge in [-0.25, -0.2) is 0 Å². The van der Waals surface area contributed by atoms with Gasteiger partial charge in [0.2, 0.25) is 0 Å². The number of aliphatic hydroxyl groups excluding tert-OH is 1. The molecule has 0 fully saturated rings. The molecular formula is C15H25ClN2O. The van der Waals surface area contributed by atoms with Crippen molar-refractivity contribution >= 4 is 17.3 Å². The minimum Gasteiger partial charge on any atom is -0.394 e. The lowest BCUT2D eigenvalue weighted by molar-refractivity contribution is 0.270. The van der Waals surface area contributed by atoms with Crippen LogP contribution in [0.4, 0.5) is 5.69 Å². The van der Waals surface area contributed by atoms with Gasteiger partial charge < -0.3 is 15.3 Å². The monoisotopic (exact) mass is 284 g/mol. The highest BCUT2D eigenvalue weighted by Gasteiger charge is 2.13. The summed E-state index contributed by atoms with van der Waals surface area (Å²) in [6.45, 7) is 9.29. The molecule has 3 nitrogen and oxygen atoms in total. The molecule has 0 aliphatic carbocycles. The number of nitrogens with zero attached hydrogens (tertiary/aromatic N) is 1. The molecule has 0 saturated heterocycles. The Morgan fingerprint density at radius 1 is 1.37 bits per heavy atom. The third kappa shape index (κ3) is 5.01. The van der Waals surface area contributed by atoms with Crippen molar-refractivity contribution in [2.24, 2.45) is 0 Å². The highest BCUT2D eigenvalue weighted by Crippen LogP contribution is 2.27. The number of halogens is 1. The highest BCUT2D eigenvalue weighted by molar-refractivity contribution is 6.33. The van der Waals surface area contributed by atoms with Gasteiger partial charge in [0.25, 0.3) is 0 Å². The molecule has 0 saturated carbocycles. The van der Waals surface area contributed by atoms with Gasteiger partial charge in [0.15, 0.2) is 0 Å². The molecule has 1 aromatic rings. The Balaban J connectivity index is 2.80. The number of nitrogens with one attached hydrogen (secondary N) is 1. The van der Waals surface area contributed by atoms with E-state index in [1.54, 1.807) is 0 Å². The summed E-state index contributed by atoms with van der Waals surface area (Å²) in [5.74, 6) is 0. The number of hydrogen-bond acceptors (Lipinski definition) is 3. The van der Waals surface area contributed by atoms with Gasteiger partial charge in [-0.1, -0.05) is 17.7 Å². The fourth-order valence-electron chi connectivity index (χ4n) is 1.67. The lowest BCUT2D eigenvalue weighted by atomic mass is 10.1. The van der Waals surface area contributed by atoms with Crippen LogP contribution < -0.4 is 10.2 Å². The van der Waals surface area contributed by atoms with Gasteiger partial charge in [-0.05, 0) is 45.4 Å². The van der Waals surface area contributed by atoms with Crippen LogP contribution in [0.1, 0.15) is 33.3 Å². The van der Waals surface area contributed by atoms with Crippen molar-refractivity contribution in [3.63, 3.8) is 0 Å². The van der Waals surface area contributed by atoms with E-state index in [1.807, 2.05) is 31.0 Å². The number of benzene rings is 1. The van der Waals surface area contributed by atoms with E-state index >= 15 is 0 Å². The average molecular weight is 285 g/mol. The summed E-state index contributed by atoms with van der Waals surface area (Å²) in [6.07, 6.45) is 0. The van der Waals surface area contributed by atoms with E-state index in [2.05, 4.69) is 32.2 Å². The zero-order valence-corrected chi connectivity index (χ0v) is 13.3. The van der Waals surface area contributed by atoms with Gasteiger partial charge in [0, 0.05) is 25.2 Å². The lowest BCUT2D eigenvalue weighted by Crippen LogP contribution is -2.35. The average Bonchev–Trinajstić information content (AvgIpc) is 2.34. The summed E-state index contributed by atoms with van der Waals surface area (Å²) < 4.78 is 0. The van der Waals surface area contributed by atoms with Crippen LogP contribution in [-0.4, -0.2) is 30.3 Å². The maximum atomic E-state index is 9.19. The van der Waals surface area contributed by atoms with Crippen molar-refractivity contribution in [3.8, 4) is 0 Å². The summed E-state index contributed by atoms with van der Waals surface area (Å²) >= 11 is 6.32. The maximum Gasteiger partial charge on any atom is 0.0642 e. The smallest absolute Gasteiger partial charge is 0.0642 e. The molecule has 108 valence electrons. The first kappa shape index (κ1) is 16.3. The van der Waals surface area contributed by atoms with Crippen molar-refractivity contribution in [1.29, 1.82) is 0 Å². The molecule has 1 aromatic carbocycles. The first-order valence-electron chi connectivity index (χ1n) is 6.61. The summed E-state index contributed by atoms with van der Waals surface area (Å²) in [6, 6.07) is 6.11. The second kappa shape index (κ2) is 6.60. The SMILES string of the molecule is CC(CO)N(C)c1ccc(CNC(C)(C)C)cc1Cl. The number of hydrogen-bond donors (Lipinski definition) is 2. The van der Waals surface area contributed by atoms with Crippen LogP contribution in [0.5, 0.6) is 0 Å². The van der Waals surface area contributed by atoms with E-state index < -0.39 is 0 Å². The third-order valence-corrected chi connectivity index (χ3v) is 3.44. The van der Waals surface area contributed by atoms with Crippen LogP contribution in [0, 0.1) is 0 Å². The van der Waals surface area contributed by atoms with Crippen molar-refractivity contribution < 1.29 is 5.11 Å². The van der Waals surface area contributed by atoms with E-state index in [4.69, 9.17) is 11.6 Å². The molecule has 0 aliphatic rings. The van der Waals surface area contributed by atoms with Crippen LogP contribution in [0.15, 0.2) is 18.2 Å². The fourth-order valence-corrected chi connectivity index (χ4v) is 2.01. The second-order valence-electron chi connectivity index (χ2n) is 6.03. The molecule has 0 heterocycles. The number of anilines is 1. The second-order valence-corrected chi connectivity index (χ2v) is 6.44. The number of aliphatic hydroxyl groups is 1. The molecule has 4 heteroatoms. The Morgan fingerprint density at radius 3 is 2.47 bits per heavy atom. The van der Waals surface area contributed by atoms with E-state index in [0.29, 0.717) is 0 Å². The summed E-state index contributed by atoms with van der Waals surface area (Å²) in [4.78, 5) is 1.99. The van der Waals surface area contributed by atoms with Crippen molar-refractivity contribution in [1.82, 2.24) is 5.32 Å². The lowest BCUT2D eigenvalue weighted by Gasteiger charge is -2.27. The van der Waals surface area contributed by atoms with Crippen molar-refractivity contribution in [3.05, 3.63) is 28.8 Å². The Hall–Kier alpha value is -0.770. The highest BCUT2D eigenvalue weighted by atomic mass is 35.5. The molecule has 0 radical (unpaired) electrons. The Kier molecular flexibility index (Phi) is 5.65. The van der Waals surface area contributed by atoms with E-state index in [9.17, 15) is 5.11 Å². The van der Waals surface area contributed by atoms with Gasteiger partial charge in [-0.2, -0.15) is 0 Å². The molecule has 0 bridgehead atoms. The fraction of sp³-hybridized carbons (Fsp3) is 0.600. The number of rotatable bonds is 5. The first-order chi connectivity index (χ1) is 8.74. The molecule has 1 rings (SSSR count). The quantitative estimate of drug-likeness (QED) is 0.872. The van der Waals surface area contributed by atoms with E-state index in [1.165, 1.54) is 0 Å². The van der Waals surface area contributed by atoms with Crippen LogP contribution in [0.3, 0.4) is 0 Å². The zero-order valence-electron chi connectivity index (χ0n) is 12.5. The summed E-state index contributed by atoms with van der Waals surface area (Å²) in [5.41, 5.74) is 2.20. The van der Waals surface area contributed by atoms with Crippen molar-refractivity contribution in [2.45, 2.75) is 45.8 Å². The molecule has 0 amide bonds. The van der Waals surface area contributed by atoms with Crippen LogP contribution >= 0.6 is 11.6 Å². The maximum absolute atomic E-state index is 9.19. The molecule has 0 aromatic heterocycles. The van der Waals surface area contributed by atoms with Crippen LogP contribution in [0.2, 0.25) is 5.02 Å². The molecular weight excluding hydrogens is 260 g/mol. The molecule has 2 N–H and O–H groups in total. The van der Waals surface area contributed by atoms with Gasteiger partial charge in [0.05, 0.1) is 17.3 Å². The molecule has 1 atom stereocenters. The topological polar surface area (TPSA) is 35.5 Å². The van der Waals surface area contributed by atoms with Crippen LogP contribution in [-0.2, 0) is 6.54 Å². The van der Waals surface area contributed by atoms with Crippen LogP contribution in [0.25, 0.3) is 0 Å². The molecule has 0 spiro atoms. The van der Waals surface area contributed by atoms with Gasteiger partial charge in [0.1, 0.15) is 0 Å². The Bertz CT molecular complexity index is 415. The van der Waals surface area contributed by atoms with E-state index in [-0.39, 0.29) is 18.2 Å². The third-order valence-electron chi connectivity index (χ3n) is 3.14. The normalized spacial score (nSPS) is 13.4. The minimum atomic E-state index is 0.0519. The predicted octanol–water partition coefficient (Wildman–Crippen LogP) is 3.05. The van der Waals surface area contributed by atoms with E-state index in [0.717, 1.165) is 22.8 Å².